The highest BCUT2D eigenvalue weighted by Gasteiger charge is 2.35. The number of hydrogen-bond acceptors (Lipinski definition) is 5. The van der Waals surface area contributed by atoms with E-state index in [0.29, 0.717) is 50.8 Å². The predicted octanol–water partition coefficient (Wildman–Crippen LogP) is 3.33. The van der Waals surface area contributed by atoms with E-state index in [2.05, 4.69) is 10.00 Å². The van der Waals surface area contributed by atoms with Crippen molar-refractivity contribution in [3.63, 3.8) is 0 Å². The second-order valence-corrected chi connectivity index (χ2v) is 10.1. The van der Waals surface area contributed by atoms with E-state index in [-0.39, 0.29) is 16.5 Å². The lowest BCUT2D eigenvalue weighted by molar-refractivity contribution is 0.0751. The first-order valence-corrected chi connectivity index (χ1v) is 13.0. The molecule has 0 bridgehead atoms. The number of para-hydroxylation sites is 1. The van der Waals surface area contributed by atoms with Gasteiger partial charge in [0.1, 0.15) is 0 Å². The van der Waals surface area contributed by atoms with Crippen molar-refractivity contribution in [1.29, 1.82) is 0 Å². The largest absolute Gasteiger partial charge is 0.368 e. The monoisotopic (exact) mass is 481 g/mol. The van der Waals surface area contributed by atoms with Crippen molar-refractivity contribution in [1.82, 2.24) is 19.0 Å². The summed E-state index contributed by atoms with van der Waals surface area (Å²) >= 11 is 6.31. The van der Waals surface area contributed by atoms with E-state index >= 15 is 0 Å². The van der Waals surface area contributed by atoms with Crippen molar-refractivity contribution < 1.29 is 13.2 Å². The molecule has 0 radical (unpaired) electrons. The Balaban J connectivity index is 1.85. The fraction of sp³-hybridized carbons (Fsp3) is 0.545. The zero-order chi connectivity index (χ0) is 23.3. The summed E-state index contributed by atoms with van der Waals surface area (Å²) in [5, 5.41) is 4.79. The number of nitrogens with zero attached hydrogens (tertiary/aromatic N) is 5. The highest BCUT2D eigenvalue weighted by Crippen LogP contribution is 2.28. The van der Waals surface area contributed by atoms with E-state index < -0.39 is 10.0 Å². The molecule has 0 unspecified atom stereocenters. The molecule has 0 N–H and O–H groups in total. The third kappa shape index (κ3) is 5.10. The van der Waals surface area contributed by atoms with Crippen LogP contribution in [-0.4, -0.2) is 72.6 Å². The van der Waals surface area contributed by atoms with Crippen molar-refractivity contribution >= 4 is 33.2 Å². The quantitative estimate of drug-likeness (QED) is 0.549. The number of anilines is 1. The average Bonchev–Trinajstić information content (AvgIpc) is 3.24. The van der Waals surface area contributed by atoms with Gasteiger partial charge in [-0.2, -0.15) is 9.40 Å². The van der Waals surface area contributed by atoms with E-state index in [1.807, 2.05) is 45.0 Å². The molecule has 8 nitrogen and oxygen atoms in total. The summed E-state index contributed by atoms with van der Waals surface area (Å²) in [5.74, 6) is -0.276. The Kier molecular flexibility index (Phi) is 8.19. The van der Waals surface area contributed by atoms with Gasteiger partial charge in [-0.1, -0.05) is 37.6 Å². The fourth-order valence-corrected chi connectivity index (χ4v) is 5.70. The number of carbonyl (C=O) groups excluding carboxylic acids is 1. The first-order valence-electron chi connectivity index (χ1n) is 11.2. The summed E-state index contributed by atoms with van der Waals surface area (Å²) in [4.78, 5) is 17.0. The average molecular weight is 482 g/mol. The normalized spacial score (nSPS) is 15.2. The molecular formula is C22H32ClN5O3S. The molecule has 10 heteroatoms. The van der Waals surface area contributed by atoms with Gasteiger partial charge in [-0.25, -0.2) is 8.42 Å². The molecule has 0 spiro atoms. The van der Waals surface area contributed by atoms with Gasteiger partial charge in [0.2, 0.25) is 5.03 Å². The van der Waals surface area contributed by atoms with Gasteiger partial charge in [0.05, 0.1) is 16.3 Å². The lowest BCUT2D eigenvalue weighted by atomic mass is 10.2. The van der Waals surface area contributed by atoms with Crippen LogP contribution in [0.4, 0.5) is 5.69 Å². The molecule has 0 aliphatic carbocycles. The minimum atomic E-state index is -3.91. The van der Waals surface area contributed by atoms with E-state index in [1.54, 1.807) is 11.1 Å². The zero-order valence-corrected chi connectivity index (χ0v) is 20.6. The first-order chi connectivity index (χ1) is 15.3. The highest BCUT2D eigenvalue weighted by molar-refractivity contribution is 7.89. The van der Waals surface area contributed by atoms with Crippen LogP contribution in [0.15, 0.2) is 35.5 Å². The molecule has 2 aromatic rings. The molecule has 1 aromatic carbocycles. The van der Waals surface area contributed by atoms with Gasteiger partial charge >= 0.3 is 0 Å². The SMILES string of the molecule is CCCN(CCC)C(=O)c1cn(CC)nc1S(=O)(=O)N1CCN(c2ccccc2Cl)CC1. The fourth-order valence-electron chi connectivity index (χ4n) is 3.93. The van der Waals surface area contributed by atoms with Crippen LogP contribution in [0, 0.1) is 0 Å². The van der Waals surface area contributed by atoms with Gasteiger partial charge in [-0.3, -0.25) is 9.48 Å². The third-order valence-electron chi connectivity index (χ3n) is 5.57. The van der Waals surface area contributed by atoms with Crippen LogP contribution in [0.1, 0.15) is 44.0 Å². The number of aryl methyl sites for hydroxylation is 1. The number of piperazine rings is 1. The molecule has 0 atom stereocenters. The van der Waals surface area contributed by atoms with Crippen LogP contribution in [0.3, 0.4) is 0 Å². The summed E-state index contributed by atoms with van der Waals surface area (Å²) in [6.07, 6.45) is 3.17. The molecule has 176 valence electrons. The van der Waals surface area contributed by atoms with Crippen molar-refractivity contribution in [3.05, 3.63) is 41.0 Å². The molecular weight excluding hydrogens is 450 g/mol. The Morgan fingerprint density at radius 2 is 1.69 bits per heavy atom. The number of amides is 1. The number of halogens is 1. The van der Waals surface area contributed by atoms with Gasteiger partial charge in [0, 0.05) is 52.0 Å². The lowest BCUT2D eigenvalue weighted by Gasteiger charge is -2.35. The minimum absolute atomic E-state index is 0.146. The standard InChI is InChI=1S/C22H32ClN5O3S/c1-4-11-26(12-5-2)22(29)18-17-27(6-3)24-21(18)32(30,31)28-15-13-25(14-16-28)20-10-8-7-9-19(20)23/h7-10,17H,4-6,11-16H2,1-3H3. The van der Waals surface area contributed by atoms with E-state index in [9.17, 15) is 13.2 Å². The number of aromatic nitrogens is 2. The molecule has 1 aliphatic rings. The molecule has 3 rings (SSSR count). The van der Waals surface area contributed by atoms with Gasteiger partial charge in [0.25, 0.3) is 15.9 Å². The first kappa shape index (κ1) is 24.5. The van der Waals surface area contributed by atoms with Crippen molar-refractivity contribution in [2.24, 2.45) is 0 Å². The van der Waals surface area contributed by atoms with E-state index in [0.717, 1.165) is 18.5 Å². The van der Waals surface area contributed by atoms with Gasteiger partial charge < -0.3 is 9.80 Å². The summed E-state index contributed by atoms with van der Waals surface area (Å²) in [6, 6.07) is 7.54. The lowest BCUT2D eigenvalue weighted by Crippen LogP contribution is -2.49. The summed E-state index contributed by atoms with van der Waals surface area (Å²) in [5.41, 5.74) is 1.05. The molecule has 1 aromatic heterocycles. The number of hydrogen-bond donors (Lipinski definition) is 0. The van der Waals surface area contributed by atoms with Crippen LogP contribution >= 0.6 is 11.6 Å². The number of sulfonamides is 1. The molecule has 1 saturated heterocycles. The Labute approximate surface area is 195 Å². The van der Waals surface area contributed by atoms with Crippen molar-refractivity contribution in [3.8, 4) is 0 Å². The molecule has 32 heavy (non-hydrogen) atoms. The Hall–Kier alpha value is -2.10. The second kappa shape index (κ2) is 10.7. The maximum absolute atomic E-state index is 13.5. The Morgan fingerprint density at radius 3 is 2.25 bits per heavy atom. The Bertz CT molecular complexity index is 1030. The van der Waals surface area contributed by atoms with Crippen molar-refractivity contribution in [2.75, 3.05) is 44.2 Å². The summed E-state index contributed by atoms with van der Waals surface area (Å²) in [6.45, 7) is 9.15. The van der Waals surface area contributed by atoms with E-state index in [1.165, 1.54) is 8.99 Å². The van der Waals surface area contributed by atoms with Gasteiger partial charge in [-0.05, 0) is 31.9 Å². The summed E-state index contributed by atoms with van der Waals surface area (Å²) < 4.78 is 30.0. The second-order valence-electron chi connectivity index (χ2n) is 7.84. The maximum Gasteiger partial charge on any atom is 0.263 e. The molecule has 1 aliphatic heterocycles. The van der Waals surface area contributed by atoms with Crippen molar-refractivity contribution in [2.45, 2.75) is 45.2 Å². The smallest absolute Gasteiger partial charge is 0.263 e. The van der Waals surface area contributed by atoms with Crippen LogP contribution in [0.25, 0.3) is 0 Å². The summed E-state index contributed by atoms with van der Waals surface area (Å²) in [7, 11) is -3.91. The number of carbonyl (C=O) groups is 1. The Morgan fingerprint density at radius 1 is 1.06 bits per heavy atom. The van der Waals surface area contributed by atoms with Crippen LogP contribution in [0.5, 0.6) is 0 Å². The third-order valence-corrected chi connectivity index (χ3v) is 7.73. The zero-order valence-electron chi connectivity index (χ0n) is 19.0. The number of benzene rings is 1. The van der Waals surface area contributed by atoms with Crippen LogP contribution in [-0.2, 0) is 16.6 Å². The highest BCUT2D eigenvalue weighted by atomic mass is 35.5. The molecule has 1 amide bonds. The maximum atomic E-state index is 13.5. The predicted molar refractivity (Wildman–Crippen MR) is 127 cm³/mol. The topological polar surface area (TPSA) is 78.8 Å². The number of rotatable bonds is 9. The molecule has 1 fully saturated rings. The molecule has 0 saturated carbocycles. The van der Waals surface area contributed by atoms with Crippen LogP contribution in [0.2, 0.25) is 5.02 Å². The minimum Gasteiger partial charge on any atom is -0.368 e. The van der Waals surface area contributed by atoms with Crippen LogP contribution < -0.4 is 4.90 Å². The van der Waals surface area contributed by atoms with E-state index in [4.69, 9.17) is 11.6 Å². The molecule has 2 heterocycles. The van der Waals surface area contributed by atoms with Gasteiger partial charge in [-0.15, -0.1) is 0 Å². The van der Waals surface area contributed by atoms with Gasteiger partial charge in [0.15, 0.2) is 0 Å².